The molecule has 11 nitrogen and oxygen atoms in total. The lowest BCUT2D eigenvalue weighted by Crippen LogP contribution is -2.44. The number of nitrogens with zero attached hydrogens (tertiary/aromatic N) is 2. The van der Waals surface area contributed by atoms with Crippen molar-refractivity contribution in [3.8, 4) is 17.2 Å². The zero-order valence-corrected chi connectivity index (χ0v) is 27.7. The van der Waals surface area contributed by atoms with Crippen LogP contribution in [0.5, 0.6) is 17.2 Å². The Bertz CT molecular complexity index is 1520. The van der Waals surface area contributed by atoms with E-state index in [4.69, 9.17) is 19.9 Å². The molecule has 1 heterocycles. The molecule has 1 aliphatic heterocycles. The molecule has 2 unspecified atom stereocenters. The number of rotatable bonds is 17. The van der Waals surface area contributed by atoms with E-state index in [-0.39, 0.29) is 30.2 Å². The Hall–Kier alpha value is -4.00. The molecule has 46 heavy (non-hydrogen) atoms. The Balaban J connectivity index is 1.37. The smallest absolute Gasteiger partial charge is 0.318 e. The minimum Gasteiger partial charge on any atom is -0.497 e. The number of hydrogen-bond donors (Lipinski definition) is 3. The molecular formula is C34H46N4O7S. The van der Waals surface area contributed by atoms with Gasteiger partial charge in [0.05, 0.1) is 18.6 Å². The lowest BCUT2D eigenvalue weighted by atomic mass is 10.1. The molecule has 0 fully saturated rings. The second-order valence-electron chi connectivity index (χ2n) is 11.6. The van der Waals surface area contributed by atoms with Crippen molar-refractivity contribution >= 4 is 21.7 Å². The summed E-state index contributed by atoms with van der Waals surface area (Å²) in [5.74, 6) is 2.18. The van der Waals surface area contributed by atoms with Gasteiger partial charge >= 0.3 is 6.03 Å². The molecule has 0 spiro atoms. The van der Waals surface area contributed by atoms with Gasteiger partial charge in [0.1, 0.15) is 5.75 Å². The van der Waals surface area contributed by atoms with Gasteiger partial charge in [-0.05, 0) is 78.4 Å². The molecule has 250 valence electrons. The highest BCUT2D eigenvalue weighted by atomic mass is 32.2. The maximum atomic E-state index is 13.6. The van der Waals surface area contributed by atoms with Gasteiger partial charge in [-0.3, -0.25) is 0 Å². The third kappa shape index (κ3) is 9.27. The summed E-state index contributed by atoms with van der Waals surface area (Å²) < 4.78 is 44.9. The Kier molecular flexibility index (Phi) is 12.5. The first-order chi connectivity index (χ1) is 22.1. The predicted octanol–water partition coefficient (Wildman–Crippen LogP) is 4.99. The first-order valence-corrected chi connectivity index (χ1v) is 17.1. The summed E-state index contributed by atoms with van der Waals surface area (Å²) in [6.07, 6.45) is 2.48. The van der Waals surface area contributed by atoms with Crippen LogP contribution in [-0.4, -0.2) is 68.4 Å². The number of unbranched alkanes of at least 4 members (excludes halogenated alkanes) is 1. The number of nitrogens with two attached hydrogens (primary N) is 1. The van der Waals surface area contributed by atoms with Gasteiger partial charge in [-0.1, -0.05) is 44.9 Å². The van der Waals surface area contributed by atoms with Gasteiger partial charge in [-0.2, -0.15) is 4.31 Å². The molecule has 0 saturated carbocycles. The van der Waals surface area contributed by atoms with Gasteiger partial charge in [-0.25, -0.2) is 13.2 Å². The number of aliphatic hydroxyl groups excluding tert-OH is 1. The lowest BCUT2D eigenvalue weighted by Gasteiger charge is -2.32. The zero-order chi connectivity index (χ0) is 33.1. The summed E-state index contributed by atoms with van der Waals surface area (Å²) in [7, 11) is -2.24. The number of hydrogen-bond acceptors (Lipinski definition) is 8. The highest BCUT2D eigenvalue weighted by molar-refractivity contribution is 7.89. The third-order valence-corrected chi connectivity index (χ3v) is 10.1. The number of fused-ring (bicyclic) bond motifs is 1. The first kappa shape index (κ1) is 34.9. The lowest BCUT2D eigenvalue weighted by molar-refractivity contribution is 0.165. The van der Waals surface area contributed by atoms with Crippen LogP contribution in [0.2, 0.25) is 0 Å². The number of ether oxygens (including phenoxy) is 3. The van der Waals surface area contributed by atoms with Gasteiger partial charge in [0.15, 0.2) is 11.5 Å². The molecule has 12 heteroatoms. The van der Waals surface area contributed by atoms with Crippen LogP contribution in [0.3, 0.4) is 0 Å². The Morgan fingerprint density at radius 2 is 1.67 bits per heavy atom. The number of nitrogen functional groups attached to an aromatic ring is 1. The van der Waals surface area contributed by atoms with Gasteiger partial charge in [-0.15, -0.1) is 0 Å². The third-order valence-electron chi connectivity index (χ3n) is 8.16. The number of benzene rings is 3. The molecule has 2 atom stereocenters. The molecule has 1 aliphatic rings. The normalized spacial score (nSPS) is 13.8. The second kappa shape index (κ2) is 16.5. The van der Waals surface area contributed by atoms with Crippen LogP contribution >= 0.6 is 0 Å². The fourth-order valence-corrected chi connectivity index (χ4v) is 6.97. The van der Waals surface area contributed by atoms with Crippen molar-refractivity contribution in [2.45, 2.75) is 63.6 Å². The second-order valence-corrected chi connectivity index (χ2v) is 13.5. The van der Waals surface area contributed by atoms with Crippen LogP contribution in [-0.2, 0) is 23.1 Å². The van der Waals surface area contributed by atoms with E-state index in [9.17, 15) is 18.3 Å². The number of nitrogens with one attached hydrogen (secondary N) is 1. The number of anilines is 1. The summed E-state index contributed by atoms with van der Waals surface area (Å²) in [5.41, 5.74) is 8.11. The molecule has 0 bridgehead atoms. The van der Waals surface area contributed by atoms with Crippen molar-refractivity contribution < 1.29 is 32.5 Å². The summed E-state index contributed by atoms with van der Waals surface area (Å²) in [5, 5.41) is 13.3. The highest BCUT2D eigenvalue weighted by Crippen LogP contribution is 2.33. The van der Waals surface area contributed by atoms with Crippen LogP contribution in [0.1, 0.15) is 50.7 Å². The van der Waals surface area contributed by atoms with Crippen LogP contribution < -0.4 is 25.3 Å². The number of amides is 2. The molecular weight excluding hydrogens is 608 g/mol. The van der Waals surface area contributed by atoms with Crippen molar-refractivity contribution in [2.24, 2.45) is 5.92 Å². The maximum Gasteiger partial charge on any atom is 0.318 e. The Morgan fingerprint density at radius 1 is 1.00 bits per heavy atom. The number of aliphatic hydroxyl groups is 1. The number of carbonyl (C=O) groups excluding carboxylic acids is 1. The molecule has 0 radical (unpaired) electrons. The van der Waals surface area contributed by atoms with Crippen molar-refractivity contribution in [2.75, 3.05) is 39.3 Å². The largest absolute Gasteiger partial charge is 0.497 e. The van der Waals surface area contributed by atoms with Crippen LogP contribution in [0, 0.1) is 5.92 Å². The van der Waals surface area contributed by atoms with Gasteiger partial charge < -0.3 is 35.3 Å². The maximum absolute atomic E-state index is 13.6. The molecule has 4 N–H and O–H groups in total. The predicted molar refractivity (Wildman–Crippen MR) is 177 cm³/mol. The van der Waals surface area contributed by atoms with E-state index in [0.29, 0.717) is 62.6 Å². The zero-order valence-electron chi connectivity index (χ0n) is 26.9. The molecule has 2 amide bonds. The van der Waals surface area contributed by atoms with Gasteiger partial charge in [0, 0.05) is 37.9 Å². The fraction of sp³-hybridized carbons (Fsp3) is 0.441. The van der Waals surface area contributed by atoms with Crippen molar-refractivity contribution in [3.05, 3.63) is 77.9 Å². The molecule has 0 saturated heterocycles. The van der Waals surface area contributed by atoms with Crippen molar-refractivity contribution in [1.82, 2.24) is 14.5 Å². The average molecular weight is 655 g/mol. The summed E-state index contributed by atoms with van der Waals surface area (Å²) in [4.78, 5) is 15.3. The Morgan fingerprint density at radius 3 is 2.35 bits per heavy atom. The van der Waals surface area contributed by atoms with Crippen molar-refractivity contribution in [3.63, 3.8) is 0 Å². The summed E-state index contributed by atoms with van der Waals surface area (Å²) in [6.45, 7) is 5.31. The van der Waals surface area contributed by atoms with E-state index in [1.807, 2.05) is 56.3 Å². The number of sulfonamides is 1. The summed E-state index contributed by atoms with van der Waals surface area (Å²) >= 11 is 0. The highest BCUT2D eigenvalue weighted by Gasteiger charge is 2.32. The summed E-state index contributed by atoms with van der Waals surface area (Å²) in [6, 6.07) is 18.5. The van der Waals surface area contributed by atoms with Crippen molar-refractivity contribution in [1.29, 1.82) is 0 Å². The fourth-order valence-electron chi connectivity index (χ4n) is 5.20. The monoisotopic (exact) mass is 654 g/mol. The van der Waals surface area contributed by atoms with E-state index < -0.39 is 16.1 Å². The minimum absolute atomic E-state index is 0.110. The van der Waals surface area contributed by atoms with E-state index in [2.05, 4.69) is 5.32 Å². The molecule has 3 aromatic carbocycles. The van der Waals surface area contributed by atoms with Crippen LogP contribution in [0.4, 0.5) is 10.5 Å². The van der Waals surface area contributed by atoms with Crippen LogP contribution in [0.25, 0.3) is 0 Å². The SMILES string of the molecule is CCC(C)CN(C(CO)CCCCNC(=O)N(Cc1ccc(OC)cc1)Cc1ccc2c(c1)OCO2)S(=O)(=O)c1ccc(N)cc1. The van der Waals surface area contributed by atoms with Gasteiger partial charge in [0.2, 0.25) is 16.8 Å². The minimum atomic E-state index is -3.85. The van der Waals surface area contributed by atoms with Gasteiger partial charge in [0.25, 0.3) is 0 Å². The molecule has 3 aromatic rings. The van der Waals surface area contributed by atoms with E-state index in [0.717, 1.165) is 23.3 Å². The van der Waals surface area contributed by atoms with E-state index >= 15 is 0 Å². The average Bonchev–Trinajstić information content (AvgIpc) is 3.53. The standard InChI is InChI=1S/C34H46N4O7S/c1-4-25(2)20-38(46(41,42)31-15-11-28(35)12-16-31)29(23-39)7-5-6-18-36-34(40)37(21-26-8-13-30(43-3)14-9-26)22-27-10-17-32-33(19-27)45-24-44-32/h8-17,19,25,29,39H,4-7,18,20-24,35H2,1-3H3,(H,36,40). The topological polar surface area (TPSA) is 144 Å². The quantitative estimate of drug-likeness (QED) is 0.137. The molecule has 0 aliphatic carbocycles. The number of methoxy groups -OCH3 is 1. The Labute approximate surface area is 272 Å². The number of carbonyl (C=O) groups is 1. The van der Waals surface area contributed by atoms with E-state index in [1.54, 1.807) is 24.1 Å². The first-order valence-electron chi connectivity index (χ1n) is 15.7. The molecule has 4 rings (SSSR count). The molecule has 0 aromatic heterocycles. The van der Waals surface area contributed by atoms with Crippen LogP contribution in [0.15, 0.2) is 71.6 Å². The van der Waals surface area contributed by atoms with E-state index in [1.165, 1.54) is 16.4 Å². The number of urea groups is 1.